The number of aromatic nitrogens is 1. The summed E-state index contributed by atoms with van der Waals surface area (Å²) < 4.78 is 10.5. The number of nitrogens with two attached hydrogens (primary N) is 1. The number of thioether (sulfide) groups is 1. The maximum atomic E-state index is 11.8. The van der Waals surface area contributed by atoms with E-state index in [1.807, 2.05) is 12.1 Å². The molecule has 3 rings (SSSR count). The topological polar surface area (TPSA) is 86.5 Å². The zero-order chi connectivity index (χ0) is 12.6. The van der Waals surface area contributed by atoms with Crippen molar-refractivity contribution in [3.63, 3.8) is 0 Å². The van der Waals surface area contributed by atoms with Crippen molar-refractivity contribution in [1.82, 2.24) is 10.3 Å². The first-order valence-electron chi connectivity index (χ1n) is 5.57. The highest BCUT2D eigenvalue weighted by molar-refractivity contribution is 8.02. The largest absolute Gasteiger partial charge is 0.346 e. The molecule has 18 heavy (non-hydrogen) atoms. The molecule has 1 amide bonds. The lowest BCUT2D eigenvalue weighted by Gasteiger charge is -2.34. The minimum absolute atomic E-state index is 0.121. The minimum Gasteiger partial charge on any atom is -0.346 e. The van der Waals surface area contributed by atoms with Crippen LogP contribution in [0.25, 0.3) is 0 Å². The van der Waals surface area contributed by atoms with Crippen LogP contribution in [0.15, 0.2) is 24.5 Å². The second kappa shape index (κ2) is 4.51. The van der Waals surface area contributed by atoms with E-state index in [4.69, 9.17) is 15.2 Å². The molecule has 7 heteroatoms. The van der Waals surface area contributed by atoms with Gasteiger partial charge in [-0.1, -0.05) is 17.8 Å². The second-order valence-corrected chi connectivity index (χ2v) is 5.77. The first-order valence-corrected chi connectivity index (χ1v) is 6.45. The van der Waals surface area contributed by atoms with Gasteiger partial charge in [0.2, 0.25) is 5.91 Å². The Hall–Kier alpha value is -1.15. The Labute approximate surface area is 108 Å². The maximum absolute atomic E-state index is 11.8. The van der Waals surface area contributed by atoms with Crippen LogP contribution in [0.1, 0.15) is 11.9 Å². The molecule has 0 saturated carbocycles. The molecular formula is C11H13N3O3S. The smallest absolute Gasteiger partial charge is 0.242 e. The van der Waals surface area contributed by atoms with Gasteiger partial charge in [-0.25, -0.2) is 0 Å². The third-order valence-electron chi connectivity index (χ3n) is 2.93. The van der Waals surface area contributed by atoms with Crippen molar-refractivity contribution in [2.75, 3.05) is 13.2 Å². The molecular weight excluding hydrogens is 254 g/mol. The molecule has 0 bridgehead atoms. The summed E-state index contributed by atoms with van der Waals surface area (Å²) in [4.78, 5) is 15.8. The fourth-order valence-electron chi connectivity index (χ4n) is 2.00. The average Bonchev–Trinajstić information content (AvgIpc) is 2.66. The van der Waals surface area contributed by atoms with E-state index in [-0.39, 0.29) is 24.6 Å². The van der Waals surface area contributed by atoms with Gasteiger partial charge in [0.15, 0.2) is 6.29 Å². The van der Waals surface area contributed by atoms with Gasteiger partial charge in [0, 0.05) is 18.0 Å². The first-order chi connectivity index (χ1) is 8.70. The monoisotopic (exact) mass is 267 g/mol. The van der Waals surface area contributed by atoms with E-state index < -0.39 is 11.0 Å². The molecule has 0 aliphatic carbocycles. The Morgan fingerprint density at radius 3 is 2.83 bits per heavy atom. The molecule has 3 N–H and O–H groups in total. The third kappa shape index (κ3) is 1.99. The zero-order valence-electron chi connectivity index (χ0n) is 9.54. The van der Waals surface area contributed by atoms with Crippen LogP contribution in [0.4, 0.5) is 0 Å². The number of nitrogens with one attached hydrogen (secondary N) is 1. The van der Waals surface area contributed by atoms with Crippen LogP contribution in [0.5, 0.6) is 0 Å². The summed E-state index contributed by atoms with van der Waals surface area (Å²) in [5.41, 5.74) is 6.14. The zero-order valence-corrected chi connectivity index (χ0v) is 10.4. The third-order valence-corrected chi connectivity index (χ3v) is 4.18. The number of hydrogen-bond acceptors (Lipinski definition) is 6. The number of carbonyl (C=O) groups excluding carboxylic acids is 1. The summed E-state index contributed by atoms with van der Waals surface area (Å²) in [6, 6.07) is 3.70. The van der Waals surface area contributed by atoms with Gasteiger partial charge < -0.3 is 20.5 Å². The molecule has 0 radical (unpaired) electrons. The molecule has 2 saturated heterocycles. The second-order valence-electron chi connectivity index (χ2n) is 4.25. The summed E-state index contributed by atoms with van der Waals surface area (Å²) in [6.07, 6.45) is 2.91. The van der Waals surface area contributed by atoms with Gasteiger partial charge in [-0.05, 0) is 6.07 Å². The van der Waals surface area contributed by atoms with E-state index >= 15 is 0 Å². The van der Waals surface area contributed by atoms with Gasteiger partial charge in [0.1, 0.15) is 10.2 Å². The summed E-state index contributed by atoms with van der Waals surface area (Å²) >= 11 is 1.35. The van der Waals surface area contributed by atoms with Crippen molar-refractivity contribution in [2.45, 2.75) is 16.5 Å². The first kappa shape index (κ1) is 11.9. The Morgan fingerprint density at radius 2 is 2.28 bits per heavy atom. The molecule has 1 unspecified atom stereocenters. The van der Waals surface area contributed by atoms with Crippen molar-refractivity contribution in [3.05, 3.63) is 30.1 Å². The molecule has 1 aromatic heterocycles. The maximum Gasteiger partial charge on any atom is 0.242 e. The number of rotatable bonds is 1. The quantitative estimate of drug-likeness (QED) is 0.743. The van der Waals surface area contributed by atoms with Crippen LogP contribution in [-0.4, -0.2) is 34.3 Å². The molecule has 2 fully saturated rings. The Kier molecular flexibility index (Phi) is 2.98. The van der Waals surface area contributed by atoms with Gasteiger partial charge in [-0.3, -0.25) is 9.78 Å². The van der Waals surface area contributed by atoms with Gasteiger partial charge >= 0.3 is 0 Å². The van der Waals surface area contributed by atoms with E-state index in [2.05, 4.69) is 10.3 Å². The minimum atomic E-state index is -0.710. The number of hydrogen-bond donors (Lipinski definition) is 2. The van der Waals surface area contributed by atoms with Crippen LogP contribution >= 0.6 is 11.8 Å². The normalized spacial score (nSPS) is 35.7. The molecule has 0 aromatic carbocycles. The SMILES string of the molecule is NC1NC(=O)C2(COC(c3cccnc3)OC2)S1. The average molecular weight is 267 g/mol. The lowest BCUT2D eigenvalue weighted by molar-refractivity contribution is -0.197. The van der Waals surface area contributed by atoms with Crippen molar-refractivity contribution in [2.24, 2.45) is 5.73 Å². The van der Waals surface area contributed by atoms with Crippen LogP contribution in [-0.2, 0) is 14.3 Å². The van der Waals surface area contributed by atoms with E-state index in [0.717, 1.165) is 5.56 Å². The van der Waals surface area contributed by atoms with E-state index in [0.29, 0.717) is 0 Å². The summed E-state index contributed by atoms with van der Waals surface area (Å²) in [7, 11) is 0. The Morgan fingerprint density at radius 1 is 1.50 bits per heavy atom. The van der Waals surface area contributed by atoms with E-state index in [1.165, 1.54) is 11.8 Å². The van der Waals surface area contributed by atoms with Crippen LogP contribution in [0, 0.1) is 0 Å². The number of pyridine rings is 1. The molecule has 6 nitrogen and oxygen atoms in total. The van der Waals surface area contributed by atoms with Crippen molar-refractivity contribution >= 4 is 17.7 Å². The number of ether oxygens (including phenoxy) is 2. The molecule has 2 aliphatic rings. The Balaban J connectivity index is 1.70. The highest BCUT2D eigenvalue weighted by Crippen LogP contribution is 2.39. The highest BCUT2D eigenvalue weighted by atomic mass is 32.2. The fourth-order valence-corrected chi connectivity index (χ4v) is 3.09. The van der Waals surface area contributed by atoms with Gasteiger partial charge in [0.25, 0.3) is 0 Å². The number of nitrogens with zero attached hydrogens (tertiary/aromatic N) is 1. The molecule has 3 heterocycles. The van der Waals surface area contributed by atoms with Crippen LogP contribution < -0.4 is 11.1 Å². The number of carbonyl (C=O) groups is 1. The van der Waals surface area contributed by atoms with Gasteiger partial charge in [-0.15, -0.1) is 0 Å². The summed E-state index contributed by atoms with van der Waals surface area (Å²) in [5.74, 6) is -0.121. The predicted molar refractivity (Wildman–Crippen MR) is 65.3 cm³/mol. The fraction of sp³-hybridized carbons (Fsp3) is 0.455. The van der Waals surface area contributed by atoms with Crippen LogP contribution in [0.3, 0.4) is 0 Å². The van der Waals surface area contributed by atoms with Gasteiger partial charge in [-0.2, -0.15) is 0 Å². The summed E-state index contributed by atoms with van der Waals surface area (Å²) in [5, 5.41) is 2.66. The molecule has 1 spiro atoms. The van der Waals surface area contributed by atoms with E-state index in [9.17, 15) is 4.79 Å². The van der Waals surface area contributed by atoms with Crippen LogP contribution in [0.2, 0.25) is 0 Å². The lowest BCUT2D eigenvalue weighted by atomic mass is 10.1. The predicted octanol–water partition coefficient (Wildman–Crippen LogP) is -0.0289. The molecule has 96 valence electrons. The summed E-state index contributed by atoms with van der Waals surface area (Å²) in [6.45, 7) is 0.577. The molecule has 2 aliphatic heterocycles. The highest BCUT2D eigenvalue weighted by Gasteiger charge is 2.50. The van der Waals surface area contributed by atoms with Gasteiger partial charge in [0.05, 0.1) is 13.2 Å². The lowest BCUT2D eigenvalue weighted by Crippen LogP contribution is -2.48. The number of amides is 1. The van der Waals surface area contributed by atoms with Crippen molar-refractivity contribution in [1.29, 1.82) is 0 Å². The standard InChI is InChI=1S/C11H13N3O3S/c12-10-14-9(15)11(18-10)5-16-8(17-6-11)7-2-1-3-13-4-7/h1-4,8,10H,5-6,12H2,(H,14,15). The van der Waals surface area contributed by atoms with Crippen molar-refractivity contribution in [3.8, 4) is 0 Å². The molecule has 1 aromatic rings. The van der Waals surface area contributed by atoms with Crippen molar-refractivity contribution < 1.29 is 14.3 Å². The Bertz CT molecular complexity index is 448. The van der Waals surface area contributed by atoms with E-state index in [1.54, 1.807) is 12.4 Å². The molecule has 1 atom stereocenters.